The number of fused-ring (bicyclic) bond motifs is 1. The Morgan fingerprint density at radius 1 is 1.36 bits per heavy atom. The van der Waals surface area contributed by atoms with Crippen LogP contribution in [-0.2, 0) is 4.74 Å². The lowest BCUT2D eigenvalue weighted by Gasteiger charge is -2.54. The molecule has 22 heavy (non-hydrogen) atoms. The summed E-state index contributed by atoms with van der Waals surface area (Å²) in [5.74, 6) is 0.886. The molecule has 2 aliphatic rings. The van der Waals surface area contributed by atoms with E-state index in [2.05, 4.69) is 29.5 Å². The molecule has 1 aliphatic heterocycles. The predicted octanol–water partition coefficient (Wildman–Crippen LogP) is 2.93. The van der Waals surface area contributed by atoms with Crippen LogP contribution in [0.25, 0.3) is 0 Å². The largest absolute Gasteiger partial charge is 0.390 e. The number of hydrogen-bond donors (Lipinski definition) is 2. The number of rotatable bonds is 4. The van der Waals surface area contributed by atoms with Gasteiger partial charge in [0.1, 0.15) is 0 Å². The predicted molar refractivity (Wildman–Crippen MR) is 90.6 cm³/mol. The highest BCUT2D eigenvalue weighted by atomic mass is 127. The van der Waals surface area contributed by atoms with E-state index in [1.165, 1.54) is 0 Å². The summed E-state index contributed by atoms with van der Waals surface area (Å²) in [6.45, 7) is 7.27. The molecule has 3 unspecified atom stereocenters. The van der Waals surface area contributed by atoms with E-state index in [1.807, 2.05) is 6.92 Å². The summed E-state index contributed by atoms with van der Waals surface area (Å²) < 4.78 is 42.3. The Kier molecular flexibility index (Phi) is 6.79. The molecule has 0 radical (unpaired) electrons. The molecule has 2 fully saturated rings. The second kappa shape index (κ2) is 7.55. The first-order valence-electron chi connectivity index (χ1n) is 7.49. The summed E-state index contributed by atoms with van der Waals surface area (Å²) in [4.78, 5) is 4.03. The van der Waals surface area contributed by atoms with Gasteiger partial charge in [-0.15, -0.1) is 24.0 Å². The smallest absolute Gasteiger partial charge is 0.377 e. The van der Waals surface area contributed by atoms with Crippen molar-refractivity contribution in [2.45, 2.75) is 51.9 Å². The van der Waals surface area contributed by atoms with E-state index in [-0.39, 0.29) is 48.1 Å². The zero-order valence-electron chi connectivity index (χ0n) is 13.2. The molecule has 3 atom stereocenters. The minimum Gasteiger partial charge on any atom is -0.377 e. The second-order valence-corrected chi connectivity index (χ2v) is 6.31. The van der Waals surface area contributed by atoms with Crippen LogP contribution >= 0.6 is 24.0 Å². The van der Waals surface area contributed by atoms with Gasteiger partial charge in [-0.3, -0.25) is 4.99 Å². The number of halogens is 4. The van der Waals surface area contributed by atoms with E-state index in [4.69, 9.17) is 4.74 Å². The molecule has 1 heterocycles. The molecule has 0 aromatic heterocycles. The van der Waals surface area contributed by atoms with Crippen LogP contribution in [0.2, 0.25) is 0 Å². The summed E-state index contributed by atoms with van der Waals surface area (Å²) >= 11 is 0. The van der Waals surface area contributed by atoms with E-state index in [1.54, 1.807) is 0 Å². The van der Waals surface area contributed by atoms with Crippen molar-refractivity contribution in [1.82, 2.24) is 10.6 Å². The van der Waals surface area contributed by atoms with Crippen molar-refractivity contribution in [3.63, 3.8) is 0 Å². The molecular weight excluding hydrogens is 410 g/mol. The van der Waals surface area contributed by atoms with Crippen molar-refractivity contribution in [3.05, 3.63) is 0 Å². The first-order valence-corrected chi connectivity index (χ1v) is 7.49. The normalized spacial score (nSPS) is 30.1. The van der Waals surface area contributed by atoms with E-state index < -0.39 is 12.6 Å². The molecule has 1 saturated carbocycles. The third kappa shape index (κ3) is 4.39. The second-order valence-electron chi connectivity index (χ2n) is 6.31. The van der Waals surface area contributed by atoms with Crippen molar-refractivity contribution < 1.29 is 17.9 Å². The van der Waals surface area contributed by atoms with Crippen LogP contribution in [0.5, 0.6) is 0 Å². The zero-order chi connectivity index (χ0) is 15.7. The van der Waals surface area contributed by atoms with Crippen LogP contribution < -0.4 is 10.6 Å². The Labute approximate surface area is 146 Å². The van der Waals surface area contributed by atoms with E-state index in [9.17, 15) is 13.2 Å². The Balaban J connectivity index is 0.00000242. The highest BCUT2D eigenvalue weighted by molar-refractivity contribution is 14.0. The van der Waals surface area contributed by atoms with Crippen LogP contribution in [0, 0.1) is 11.3 Å². The van der Waals surface area contributed by atoms with Gasteiger partial charge in [-0.25, -0.2) is 0 Å². The number of ether oxygens (including phenoxy) is 1. The van der Waals surface area contributed by atoms with Gasteiger partial charge in [-0.2, -0.15) is 13.2 Å². The van der Waals surface area contributed by atoms with E-state index in [0.29, 0.717) is 18.4 Å². The summed E-state index contributed by atoms with van der Waals surface area (Å²) in [7, 11) is 0. The molecule has 8 heteroatoms. The molecule has 0 aromatic carbocycles. The number of hydrogen-bond acceptors (Lipinski definition) is 2. The first kappa shape index (κ1) is 19.8. The lowest BCUT2D eigenvalue weighted by molar-refractivity contribution is -0.132. The fourth-order valence-electron chi connectivity index (χ4n) is 3.38. The lowest BCUT2D eigenvalue weighted by Crippen LogP contribution is -2.68. The fourth-order valence-corrected chi connectivity index (χ4v) is 3.38. The Bertz CT molecular complexity index is 401. The minimum atomic E-state index is -4.17. The van der Waals surface area contributed by atoms with Gasteiger partial charge in [-0.05, 0) is 13.3 Å². The van der Waals surface area contributed by atoms with Crippen molar-refractivity contribution in [2.75, 3.05) is 19.7 Å². The van der Waals surface area contributed by atoms with Crippen molar-refractivity contribution in [3.8, 4) is 0 Å². The van der Waals surface area contributed by atoms with Gasteiger partial charge in [0.25, 0.3) is 0 Å². The molecular formula is C14H25F3IN3O. The maximum atomic E-state index is 12.2. The lowest BCUT2D eigenvalue weighted by atomic mass is 9.57. The van der Waals surface area contributed by atoms with Crippen LogP contribution in [0.1, 0.15) is 33.6 Å². The zero-order valence-corrected chi connectivity index (χ0v) is 15.5. The quantitative estimate of drug-likeness (QED) is 0.406. The van der Waals surface area contributed by atoms with Crippen LogP contribution in [0.15, 0.2) is 4.99 Å². The first-order chi connectivity index (χ1) is 9.75. The van der Waals surface area contributed by atoms with Gasteiger partial charge in [-0.1, -0.05) is 13.8 Å². The standard InChI is InChI=1S/C14H24F3N3O.HI/c1-4-18-12(19-7-6-14(15,16)17)20-10-9-5-8-21-11(9)13(10,2)3;/h9-11H,4-8H2,1-3H3,(H2,18,19,20);1H. The summed E-state index contributed by atoms with van der Waals surface area (Å²) in [5.41, 5.74) is -0.0264. The van der Waals surface area contributed by atoms with Gasteiger partial charge in [0.05, 0.1) is 19.1 Å². The number of aliphatic imine (C=N–C) groups is 1. The third-order valence-corrected chi connectivity index (χ3v) is 4.40. The SMILES string of the molecule is CCNC(=NCCC(F)(F)F)NC1C2CCOC2C1(C)C.I. The van der Waals surface area contributed by atoms with Crippen molar-refractivity contribution in [1.29, 1.82) is 0 Å². The number of guanidine groups is 1. The Morgan fingerprint density at radius 3 is 2.64 bits per heavy atom. The number of nitrogens with zero attached hydrogens (tertiary/aromatic N) is 1. The Hall–Kier alpha value is -0.250. The highest BCUT2D eigenvalue weighted by Gasteiger charge is 2.59. The summed E-state index contributed by atoms with van der Waals surface area (Å²) in [6, 6.07) is 0.189. The summed E-state index contributed by atoms with van der Waals surface area (Å²) in [6.07, 6.45) is -3.82. The molecule has 130 valence electrons. The van der Waals surface area contributed by atoms with Crippen molar-refractivity contribution >= 4 is 29.9 Å². The molecule has 0 amide bonds. The maximum Gasteiger partial charge on any atom is 0.390 e. The molecule has 0 spiro atoms. The van der Waals surface area contributed by atoms with Crippen LogP contribution in [0.4, 0.5) is 13.2 Å². The van der Waals surface area contributed by atoms with Gasteiger partial charge in [0.2, 0.25) is 0 Å². The molecule has 1 saturated heterocycles. The molecule has 0 aromatic rings. The highest BCUT2D eigenvalue weighted by Crippen LogP contribution is 2.52. The minimum absolute atomic E-state index is 0. The van der Waals surface area contributed by atoms with Gasteiger partial charge in [0.15, 0.2) is 5.96 Å². The third-order valence-electron chi connectivity index (χ3n) is 4.40. The number of alkyl halides is 3. The van der Waals surface area contributed by atoms with Gasteiger partial charge < -0.3 is 15.4 Å². The Morgan fingerprint density at radius 2 is 2.05 bits per heavy atom. The molecule has 2 rings (SSSR count). The molecule has 4 nitrogen and oxygen atoms in total. The van der Waals surface area contributed by atoms with Gasteiger partial charge in [0, 0.05) is 30.5 Å². The van der Waals surface area contributed by atoms with Gasteiger partial charge >= 0.3 is 6.18 Å². The molecule has 0 bridgehead atoms. The van der Waals surface area contributed by atoms with E-state index in [0.717, 1.165) is 13.0 Å². The molecule has 1 aliphatic carbocycles. The van der Waals surface area contributed by atoms with Crippen LogP contribution in [-0.4, -0.2) is 44.0 Å². The maximum absolute atomic E-state index is 12.2. The average Bonchev–Trinajstić information content (AvgIpc) is 2.81. The topological polar surface area (TPSA) is 45.7 Å². The average molecular weight is 435 g/mol. The molecule has 2 N–H and O–H groups in total. The van der Waals surface area contributed by atoms with Crippen LogP contribution in [0.3, 0.4) is 0 Å². The summed E-state index contributed by atoms with van der Waals surface area (Å²) in [5, 5.41) is 6.31. The van der Waals surface area contributed by atoms with E-state index >= 15 is 0 Å². The monoisotopic (exact) mass is 435 g/mol. The van der Waals surface area contributed by atoms with Crippen molar-refractivity contribution in [2.24, 2.45) is 16.3 Å². The number of nitrogens with one attached hydrogen (secondary N) is 2. The fraction of sp³-hybridized carbons (Fsp3) is 0.929.